The second-order valence-electron chi connectivity index (χ2n) is 8.25. The van der Waals surface area contributed by atoms with E-state index in [9.17, 15) is 13.2 Å². The number of ether oxygens (including phenoxy) is 1. The number of carbonyl (C=O) groups is 1. The summed E-state index contributed by atoms with van der Waals surface area (Å²) in [5.41, 5.74) is 4.92. The van der Waals surface area contributed by atoms with Crippen LogP contribution in [0.15, 0.2) is 60.7 Å². The number of nitrogens with zero attached hydrogens (tertiary/aromatic N) is 1. The van der Waals surface area contributed by atoms with E-state index in [0.717, 1.165) is 28.7 Å². The van der Waals surface area contributed by atoms with Crippen molar-refractivity contribution in [2.24, 2.45) is 0 Å². The van der Waals surface area contributed by atoms with Gasteiger partial charge >= 0.3 is 0 Å². The fraction of sp³-hybridized carbons (Fsp3) is 0.269. The van der Waals surface area contributed by atoms with Crippen LogP contribution < -0.4 is 14.4 Å². The van der Waals surface area contributed by atoms with Gasteiger partial charge in [-0.2, -0.15) is 0 Å². The normalized spacial score (nSPS) is 11.2. The minimum atomic E-state index is -3.54. The number of rotatable bonds is 9. The predicted octanol–water partition coefficient (Wildman–Crippen LogP) is 5.04. The first-order valence-corrected chi connectivity index (χ1v) is 13.1. The van der Waals surface area contributed by atoms with Gasteiger partial charge in [-0.1, -0.05) is 35.9 Å². The maximum absolute atomic E-state index is 12.5. The molecule has 0 unspecified atom stereocenters. The van der Waals surface area contributed by atoms with Gasteiger partial charge in [0.2, 0.25) is 10.0 Å². The highest BCUT2D eigenvalue weighted by molar-refractivity contribution is 7.92. The van der Waals surface area contributed by atoms with Crippen LogP contribution in [0.5, 0.6) is 5.75 Å². The minimum absolute atomic E-state index is 0.131. The molecule has 34 heavy (non-hydrogen) atoms. The number of nitrogens with one attached hydrogen (secondary N) is 1. The molecule has 6 nitrogen and oxygen atoms in total. The van der Waals surface area contributed by atoms with E-state index in [2.05, 4.69) is 5.32 Å². The Labute approximate surface area is 206 Å². The van der Waals surface area contributed by atoms with Gasteiger partial charge in [0, 0.05) is 10.6 Å². The maximum atomic E-state index is 12.5. The molecule has 0 saturated carbocycles. The molecule has 3 rings (SSSR count). The number of aryl methyl sites for hydroxylation is 3. The van der Waals surface area contributed by atoms with E-state index in [-0.39, 0.29) is 12.5 Å². The van der Waals surface area contributed by atoms with Crippen molar-refractivity contribution in [2.45, 2.75) is 27.3 Å². The molecule has 0 aliphatic carbocycles. The Morgan fingerprint density at radius 2 is 1.62 bits per heavy atom. The third-order valence-electron chi connectivity index (χ3n) is 5.52. The quantitative estimate of drug-likeness (QED) is 0.417. The first-order chi connectivity index (χ1) is 16.0. The Hall–Kier alpha value is -3.03. The third-order valence-corrected chi connectivity index (χ3v) is 6.88. The van der Waals surface area contributed by atoms with Gasteiger partial charge in [0.25, 0.3) is 5.91 Å². The molecule has 0 fully saturated rings. The molecule has 0 spiro atoms. The molecule has 0 aliphatic rings. The lowest BCUT2D eigenvalue weighted by Crippen LogP contribution is -2.30. The zero-order valence-electron chi connectivity index (χ0n) is 19.8. The van der Waals surface area contributed by atoms with Crippen molar-refractivity contribution >= 4 is 33.2 Å². The van der Waals surface area contributed by atoms with Gasteiger partial charge in [0.05, 0.1) is 25.0 Å². The number of hydrogen-bond acceptors (Lipinski definition) is 4. The first-order valence-electron chi connectivity index (χ1n) is 10.9. The Bertz CT molecular complexity index is 1270. The molecular weight excluding hydrogens is 472 g/mol. The minimum Gasteiger partial charge on any atom is -0.492 e. The van der Waals surface area contributed by atoms with Crippen LogP contribution in [0.2, 0.25) is 5.02 Å². The number of anilines is 1. The number of hydrogen-bond donors (Lipinski definition) is 1. The molecular formula is C26H29ClN2O4S. The number of amides is 1. The zero-order chi connectivity index (χ0) is 24.9. The number of carbonyl (C=O) groups excluding carboxylic acids is 1. The molecule has 0 heterocycles. The monoisotopic (exact) mass is 500 g/mol. The van der Waals surface area contributed by atoms with Crippen LogP contribution in [0.1, 0.15) is 32.6 Å². The van der Waals surface area contributed by atoms with Gasteiger partial charge in [-0.25, -0.2) is 8.42 Å². The Kier molecular flexibility index (Phi) is 8.23. The largest absolute Gasteiger partial charge is 0.492 e. The van der Waals surface area contributed by atoms with Gasteiger partial charge in [0.15, 0.2) is 0 Å². The predicted molar refractivity (Wildman–Crippen MR) is 137 cm³/mol. The van der Waals surface area contributed by atoms with Gasteiger partial charge in [-0.05, 0) is 79.4 Å². The molecule has 3 aromatic rings. The molecule has 0 radical (unpaired) electrons. The summed E-state index contributed by atoms with van der Waals surface area (Å²) in [4.78, 5) is 12.5. The van der Waals surface area contributed by atoms with Gasteiger partial charge in [0.1, 0.15) is 12.4 Å². The van der Waals surface area contributed by atoms with E-state index in [4.69, 9.17) is 16.3 Å². The van der Waals surface area contributed by atoms with Gasteiger partial charge in [-0.15, -0.1) is 0 Å². The molecule has 1 amide bonds. The number of sulfonamides is 1. The van der Waals surface area contributed by atoms with Crippen LogP contribution in [0.25, 0.3) is 0 Å². The van der Waals surface area contributed by atoms with E-state index in [0.29, 0.717) is 29.4 Å². The molecule has 0 atom stereocenters. The van der Waals surface area contributed by atoms with Crippen LogP contribution >= 0.6 is 11.6 Å². The lowest BCUT2D eigenvalue weighted by Gasteiger charge is -2.24. The van der Waals surface area contributed by atoms with Crippen molar-refractivity contribution < 1.29 is 17.9 Å². The van der Waals surface area contributed by atoms with Crippen molar-refractivity contribution in [1.82, 2.24) is 5.32 Å². The first kappa shape index (κ1) is 25.6. The van der Waals surface area contributed by atoms with E-state index < -0.39 is 10.0 Å². The van der Waals surface area contributed by atoms with Gasteiger partial charge < -0.3 is 10.1 Å². The van der Waals surface area contributed by atoms with Crippen LogP contribution in [-0.2, 0) is 16.6 Å². The van der Waals surface area contributed by atoms with Crippen molar-refractivity contribution in [1.29, 1.82) is 0 Å². The molecule has 0 aliphatic heterocycles. The number of halogens is 1. The molecule has 180 valence electrons. The zero-order valence-corrected chi connectivity index (χ0v) is 21.3. The van der Waals surface area contributed by atoms with Gasteiger partial charge in [-0.3, -0.25) is 9.10 Å². The second-order valence-corrected chi connectivity index (χ2v) is 10.6. The molecule has 0 saturated heterocycles. The average Bonchev–Trinajstić information content (AvgIpc) is 2.78. The fourth-order valence-electron chi connectivity index (χ4n) is 3.40. The molecule has 0 aromatic heterocycles. The van der Waals surface area contributed by atoms with E-state index in [1.54, 1.807) is 42.5 Å². The van der Waals surface area contributed by atoms with Crippen molar-refractivity contribution in [3.05, 3.63) is 93.5 Å². The summed E-state index contributed by atoms with van der Waals surface area (Å²) in [6.07, 6.45) is 1.16. The maximum Gasteiger partial charge on any atom is 0.251 e. The molecule has 1 N–H and O–H groups in total. The van der Waals surface area contributed by atoms with Crippen LogP contribution in [0, 0.1) is 20.8 Å². The third kappa shape index (κ3) is 6.74. The highest BCUT2D eigenvalue weighted by Gasteiger charge is 2.20. The summed E-state index contributed by atoms with van der Waals surface area (Å²) < 4.78 is 31.9. The fourth-order valence-corrected chi connectivity index (χ4v) is 4.50. The molecule has 3 aromatic carbocycles. The second kappa shape index (κ2) is 10.9. The average molecular weight is 501 g/mol. The SMILES string of the molecule is Cc1ccc(OCCNC(=O)c2ccc(CN(c3cc(Cl)ccc3C)S(C)(=O)=O)cc2)cc1C. The topological polar surface area (TPSA) is 75.7 Å². The summed E-state index contributed by atoms with van der Waals surface area (Å²) in [5.74, 6) is 0.549. The summed E-state index contributed by atoms with van der Waals surface area (Å²) >= 11 is 6.09. The van der Waals surface area contributed by atoms with E-state index >= 15 is 0 Å². The summed E-state index contributed by atoms with van der Waals surface area (Å²) in [6, 6.07) is 17.9. The van der Waals surface area contributed by atoms with Crippen molar-refractivity contribution in [2.75, 3.05) is 23.7 Å². The standard InChI is InChI=1S/C26H29ClN2O4S/c1-18-6-12-24(15-20(18)3)33-14-13-28-26(30)22-9-7-21(8-10-22)17-29(34(4,31)32)25-16-23(27)11-5-19(25)2/h5-12,15-16H,13-14,17H2,1-4H3,(H,28,30). The lowest BCUT2D eigenvalue weighted by atomic mass is 10.1. The van der Waals surface area contributed by atoms with Crippen molar-refractivity contribution in [3.8, 4) is 5.75 Å². The highest BCUT2D eigenvalue weighted by Crippen LogP contribution is 2.28. The Balaban J connectivity index is 1.60. The molecule has 8 heteroatoms. The van der Waals surface area contributed by atoms with Crippen LogP contribution in [0.3, 0.4) is 0 Å². The summed E-state index contributed by atoms with van der Waals surface area (Å²) in [7, 11) is -3.54. The smallest absolute Gasteiger partial charge is 0.251 e. The lowest BCUT2D eigenvalue weighted by molar-refractivity contribution is 0.0947. The van der Waals surface area contributed by atoms with Crippen molar-refractivity contribution in [3.63, 3.8) is 0 Å². The number of benzene rings is 3. The Morgan fingerprint density at radius 3 is 2.26 bits per heavy atom. The Morgan fingerprint density at radius 1 is 0.941 bits per heavy atom. The van der Waals surface area contributed by atoms with Crippen LogP contribution in [0.4, 0.5) is 5.69 Å². The van der Waals surface area contributed by atoms with E-state index in [1.807, 2.05) is 39.0 Å². The summed E-state index contributed by atoms with van der Waals surface area (Å²) in [5, 5.41) is 3.30. The highest BCUT2D eigenvalue weighted by atomic mass is 35.5. The summed E-state index contributed by atoms with van der Waals surface area (Å²) in [6.45, 7) is 6.76. The van der Waals surface area contributed by atoms with Crippen LogP contribution in [-0.4, -0.2) is 33.7 Å². The van der Waals surface area contributed by atoms with E-state index in [1.165, 1.54) is 9.87 Å². The molecule has 0 bridgehead atoms.